The molecule has 1 saturated heterocycles. The van der Waals surface area contributed by atoms with Crippen LogP contribution in [0.4, 0.5) is 0 Å². The summed E-state index contributed by atoms with van der Waals surface area (Å²) in [7, 11) is 0. The topological polar surface area (TPSA) is 40.5 Å². The van der Waals surface area contributed by atoms with Crippen LogP contribution < -0.4 is 0 Å². The maximum absolute atomic E-state index is 12.4. The number of hydrogen-bond acceptors (Lipinski definition) is 3. The van der Waals surface area contributed by atoms with Crippen molar-refractivity contribution in [2.75, 3.05) is 13.1 Å². The van der Waals surface area contributed by atoms with Crippen molar-refractivity contribution in [2.24, 2.45) is 0 Å². The molecule has 1 aromatic heterocycles. The summed E-state index contributed by atoms with van der Waals surface area (Å²) in [6.07, 6.45) is 2.32. The van der Waals surface area contributed by atoms with E-state index >= 15 is 0 Å². The molecule has 1 aliphatic rings. The molecule has 100 valence electrons. The van der Waals surface area contributed by atoms with Gasteiger partial charge < -0.3 is 10.0 Å². The molecule has 1 aromatic rings. The third kappa shape index (κ3) is 2.93. The Morgan fingerprint density at radius 3 is 2.72 bits per heavy atom. The minimum absolute atomic E-state index is 0.119. The molecule has 0 spiro atoms. The van der Waals surface area contributed by atoms with Crippen molar-refractivity contribution in [3.05, 3.63) is 21.4 Å². The highest BCUT2D eigenvalue weighted by molar-refractivity contribution is 7.14. The van der Waals surface area contributed by atoms with Crippen molar-refractivity contribution < 1.29 is 9.90 Å². The second kappa shape index (κ2) is 5.02. The number of nitrogens with zero attached hydrogens (tertiary/aromatic N) is 1. The van der Waals surface area contributed by atoms with Gasteiger partial charge in [-0.1, -0.05) is 0 Å². The summed E-state index contributed by atoms with van der Waals surface area (Å²) in [6.45, 7) is 7.35. The first-order chi connectivity index (χ1) is 8.39. The number of thiophene rings is 1. The van der Waals surface area contributed by atoms with Gasteiger partial charge in [0.25, 0.3) is 5.91 Å². The maximum Gasteiger partial charge on any atom is 0.263 e. The summed E-state index contributed by atoms with van der Waals surface area (Å²) in [5.74, 6) is 0.119. The fourth-order valence-electron chi connectivity index (χ4n) is 2.30. The van der Waals surface area contributed by atoms with Crippen molar-refractivity contribution in [1.82, 2.24) is 4.90 Å². The van der Waals surface area contributed by atoms with E-state index < -0.39 is 5.60 Å². The van der Waals surface area contributed by atoms with Gasteiger partial charge in [0.1, 0.15) is 0 Å². The molecule has 0 aromatic carbocycles. The number of carbonyl (C=O) groups excluding carboxylic acids is 1. The third-order valence-corrected chi connectivity index (χ3v) is 4.87. The predicted molar refractivity (Wildman–Crippen MR) is 74.2 cm³/mol. The van der Waals surface area contributed by atoms with Gasteiger partial charge in [-0.2, -0.15) is 0 Å². The van der Waals surface area contributed by atoms with Crippen LogP contribution in [-0.4, -0.2) is 34.6 Å². The zero-order chi connectivity index (χ0) is 13.3. The first kappa shape index (κ1) is 13.6. The number of amides is 1. The predicted octanol–water partition coefficient (Wildman–Crippen LogP) is 2.74. The summed E-state index contributed by atoms with van der Waals surface area (Å²) >= 11 is 1.57. The highest BCUT2D eigenvalue weighted by Crippen LogP contribution is 2.25. The SMILES string of the molecule is Cc1cc(C(=O)N2CCCC(C)(O)CC2)sc1C. The molecule has 1 unspecified atom stereocenters. The van der Waals surface area contributed by atoms with Gasteiger partial charge in [0.2, 0.25) is 0 Å². The first-order valence-electron chi connectivity index (χ1n) is 6.48. The molecule has 1 aliphatic heterocycles. The van der Waals surface area contributed by atoms with E-state index in [0.29, 0.717) is 13.0 Å². The minimum Gasteiger partial charge on any atom is -0.390 e. The summed E-state index contributed by atoms with van der Waals surface area (Å²) in [4.78, 5) is 16.3. The Balaban J connectivity index is 2.09. The quantitative estimate of drug-likeness (QED) is 0.850. The third-order valence-electron chi connectivity index (χ3n) is 3.73. The second-order valence-electron chi connectivity index (χ2n) is 5.49. The zero-order valence-electron chi connectivity index (χ0n) is 11.3. The molecule has 1 atom stereocenters. The van der Waals surface area contributed by atoms with Crippen LogP contribution in [0.5, 0.6) is 0 Å². The summed E-state index contributed by atoms with van der Waals surface area (Å²) in [6, 6.07) is 1.98. The highest BCUT2D eigenvalue weighted by Gasteiger charge is 2.28. The van der Waals surface area contributed by atoms with Crippen molar-refractivity contribution in [3.63, 3.8) is 0 Å². The summed E-state index contributed by atoms with van der Waals surface area (Å²) < 4.78 is 0. The van der Waals surface area contributed by atoms with Gasteiger partial charge in [-0.25, -0.2) is 0 Å². The smallest absolute Gasteiger partial charge is 0.263 e. The van der Waals surface area contributed by atoms with Crippen LogP contribution in [0.1, 0.15) is 46.3 Å². The molecule has 2 rings (SSSR count). The van der Waals surface area contributed by atoms with E-state index in [2.05, 4.69) is 0 Å². The second-order valence-corrected chi connectivity index (χ2v) is 6.75. The lowest BCUT2D eigenvalue weighted by Crippen LogP contribution is -2.33. The zero-order valence-corrected chi connectivity index (χ0v) is 12.1. The fraction of sp³-hybridized carbons (Fsp3) is 0.643. The Labute approximate surface area is 112 Å². The van der Waals surface area contributed by atoms with Crippen LogP contribution in [-0.2, 0) is 0 Å². The molecule has 2 heterocycles. The lowest BCUT2D eigenvalue weighted by Gasteiger charge is -2.22. The van der Waals surface area contributed by atoms with Gasteiger partial charge in [-0.15, -0.1) is 11.3 Å². The average Bonchev–Trinajstić information content (AvgIpc) is 2.52. The Kier molecular flexibility index (Phi) is 3.78. The molecule has 18 heavy (non-hydrogen) atoms. The van der Waals surface area contributed by atoms with Crippen molar-refractivity contribution in [3.8, 4) is 0 Å². The summed E-state index contributed by atoms with van der Waals surface area (Å²) in [5, 5.41) is 10.0. The van der Waals surface area contributed by atoms with E-state index in [1.165, 1.54) is 10.4 Å². The molecule has 1 N–H and O–H groups in total. The molecule has 0 bridgehead atoms. The van der Waals surface area contributed by atoms with Gasteiger partial charge in [0.15, 0.2) is 0 Å². The van der Waals surface area contributed by atoms with Crippen molar-refractivity contribution in [1.29, 1.82) is 0 Å². The Hall–Kier alpha value is -0.870. The largest absolute Gasteiger partial charge is 0.390 e. The monoisotopic (exact) mass is 267 g/mol. The molecule has 4 heteroatoms. The average molecular weight is 267 g/mol. The van der Waals surface area contributed by atoms with Crippen LogP contribution in [0, 0.1) is 13.8 Å². The number of hydrogen-bond donors (Lipinski definition) is 1. The van der Waals surface area contributed by atoms with Crippen molar-refractivity contribution in [2.45, 2.75) is 45.6 Å². The minimum atomic E-state index is -0.615. The lowest BCUT2D eigenvalue weighted by atomic mass is 9.98. The molecule has 3 nitrogen and oxygen atoms in total. The van der Waals surface area contributed by atoms with Crippen LogP contribution in [0.3, 0.4) is 0 Å². The van der Waals surface area contributed by atoms with Crippen molar-refractivity contribution >= 4 is 17.2 Å². The highest BCUT2D eigenvalue weighted by atomic mass is 32.1. The molecule has 1 fully saturated rings. The fourth-order valence-corrected chi connectivity index (χ4v) is 3.30. The van der Waals surface area contributed by atoms with Gasteiger partial charge in [0, 0.05) is 18.0 Å². The Bertz CT molecular complexity index is 431. The maximum atomic E-state index is 12.4. The molecular weight excluding hydrogens is 246 g/mol. The van der Waals surface area contributed by atoms with Gasteiger partial charge >= 0.3 is 0 Å². The van der Waals surface area contributed by atoms with Crippen LogP contribution in [0.25, 0.3) is 0 Å². The Morgan fingerprint density at radius 1 is 1.39 bits per heavy atom. The number of likely N-dealkylation sites (tertiary alicyclic amines) is 1. The summed E-state index contributed by atoms with van der Waals surface area (Å²) in [5.41, 5.74) is 0.571. The van der Waals surface area contributed by atoms with E-state index in [-0.39, 0.29) is 5.91 Å². The first-order valence-corrected chi connectivity index (χ1v) is 7.29. The number of aliphatic hydroxyl groups is 1. The van der Waals surface area contributed by atoms with E-state index in [4.69, 9.17) is 0 Å². The van der Waals surface area contributed by atoms with Gasteiger partial charge in [-0.3, -0.25) is 4.79 Å². The molecular formula is C14H21NO2S. The van der Waals surface area contributed by atoms with Crippen LogP contribution >= 0.6 is 11.3 Å². The Morgan fingerprint density at radius 2 is 2.11 bits per heavy atom. The van der Waals surface area contributed by atoms with Crippen LogP contribution in [0.15, 0.2) is 6.07 Å². The molecule has 0 radical (unpaired) electrons. The number of aryl methyl sites for hydroxylation is 2. The van der Waals surface area contributed by atoms with Crippen LogP contribution in [0.2, 0.25) is 0 Å². The standard InChI is InChI=1S/C14H21NO2S/c1-10-9-12(18-11(10)2)13(16)15-7-4-5-14(3,17)6-8-15/h9,17H,4-8H2,1-3H3. The normalized spacial score (nSPS) is 25.0. The van der Waals surface area contributed by atoms with E-state index in [9.17, 15) is 9.90 Å². The molecule has 0 saturated carbocycles. The van der Waals surface area contributed by atoms with E-state index in [1.54, 1.807) is 11.3 Å². The lowest BCUT2D eigenvalue weighted by molar-refractivity contribution is 0.0438. The van der Waals surface area contributed by atoms with E-state index in [1.807, 2.05) is 31.7 Å². The molecule has 1 amide bonds. The van der Waals surface area contributed by atoms with Gasteiger partial charge in [0.05, 0.1) is 10.5 Å². The number of rotatable bonds is 1. The molecule has 0 aliphatic carbocycles. The van der Waals surface area contributed by atoms with Gasteiger partial charge in [-0.05, 0) is 51.7 Å². The number of carbonyl (C=O) groups is 1. The van der Waals surface area contributed by atoms with E-state index in [0.717, 1.165) is 24.3 Å².